The first-order chi connectivity index (χ1) is 20.9. The number of anilines is 1. The van der Waals surface area contributed by atoms with Crippen molar-refractivity contribution >= 4 is 28.6 Å². The Morgan fingerprint density at radius 3 is 2.65 bits per heavy atom. The fourth-order valence-corrected chi connectivity index (χ4v) is 5.28. The summed E-state index contributed by atoms with van der Waals surface area (Å²) in [4.78, 5) is 23.4. The largest absolute Gasteiger partial charge is 0.473 e. The van der Waals surface area contributed by atoms with Crippen LogP contribution in [0.1, 0.15) is 46.6 Å². The molecule has 0 spiro atoms. The fourth-order valence-electron chi connectivity index (χ4n) is 5.28. The molecule has 2 saturated heterocycles. The molecule has 0 aliphatic carbocycles. The summed E-state index contributed by atoms with van der Waals surface area (Å²) in [7, 11) is 1.32. The Hall–Kier alpha value is -4.82. The highest BCUT2D eigenvalue weighted by molar-refractivity contribution is 5.94. The number of methoxy groups -OCH3 is 1. The summed E-state index contributed by atoms with van der Waals surface area (Å²) in [6, 6.07) is 16.5. The zero-order chi connectivity index (χ0) is 29.9. The summed E-state index contributed by atoms with van der Waals surface area (Å²) in [6.45, 7) is 2.17. The van der Waals surface area contributed by atoms with Crippen LogP contribution in [0, 0.1) is 17.1 Å². The Kier molecular flexibility index (Phi) is 8.03. The first-order valence-electron chi connectivity index (χ1n) is 14.0. The van der Waals surface area contributed by atoms with E-state index in [0.29, 0.717) is 78.5 Å². The average Bonchev–Trinajstić information content (AvgIpc) is 3.39. The summed E-state index contributed by atoms with van der Waals surface area (Å²) in [5.74, 6) is -0.0742. The highest BCUT2D eigenvalue weighted by Crippen LogP contribution is 2.33. The van der Waals surface area contributed by atoms with E-state index in [9.17, 15) is 9.18 Å². The van der Waals surface area contributed by atoms with Crippen LogP contribution in [0.25, 0.3) is 16.9 Å². The number of piperidine rings is 1. The van der Waals surface area contributed by atoms with Gasteiger partial charge in [-0.1, -0.05) is 12.1 Å². The Labute approximate surface area is 246 Å². The van der Waals surface area contributed by atoms with Crippen molar-refractivity contribution in [1.82, 2.24) is 14.5 Å². The van der Waals surface area contributed by atoms with E-state index in [1.807, 2.05) is 18.2 Å². The van der Waals surface area contributed by atoms with Gasteiger partial charge in [0.15, 0.2) is 11.7 Å². The van der Waals surface area contributed by atoms with Gasteiger partial charge in [-0.15, -0.1) is 0 Å². The number of fused-ring (bicyclic) bond motifs is 1. The smallest absolute Gasteiger partial charge is 0.337 e. The molecule has 0 amide bonds. The second-order valence-corrected chi connectivity index (χ2v) is 10.5. The quantitative estimate of drug-likeness (QED) is 0.247. The lowest BCUT2D eigenvalue weighted by Gasteiger charge is -2.30. The third-order valence-electron chi connectivity index (χ3n) is 7.81. The van der Waals surface area contributed by atoms with Crippen molar-refractivity contribution in [2.45, 2.75) is 38.5 Å². The molecule has 43 heavy (non-hydrogen) atoms. The number of carbonyl (C=O) groups excluding carboxylic acids is 1. The molecule has 0 bridgehead atoms. The minimum absolute atomic E-state index is 0.0277. The topological polar surface area (TPSA) is 102 Å². The van der Waals surface area contributed by atoms with Crippen molar-refractivity contribution in [3.63, 3.8) is 0 Å². The van der Waals surface area contributed by atoms with Gasteiger partial charge in [0.25, 0.3) is 0 Å². The number of hydrogen-bond donors (Lipinski definition) is 0. The van der Waals surface area contributed by atoms with Gasteiger partial charge in [-0.05, 0) is 61.2 Å². The van der Waals surface area contributed by atoms with Crippen LogP contribution in [-0.4, -0.2) is 53.4 Å². The SMILES string of the molecule is COC(=O)c1ccc2nc(C(F)=C3CCN(c4cccc(OCc5ccc(C#N)cc5F)n4)CC3)n(CC3CCO3)c2c1. The normalized spacial score (nSPS) is 16.5. The number of carbonyl (C=O) groups is 1. The molecular weight excluding hydrogens is 556 g/mol. The van der Waals surface area contributed by atoms with E-state index in [4.69, 9.17) is 19.5 Å². The molecule has 11 heteroatoms. The molecule has 1 unspecified atom stereocenters. The van der Waals surface area contributed by atoms with E-state index in [1.54, 1.807) is 34.9 Å². The number of ether oxygens (including phenoxy) is 3. The van der Waals surface area contributed by atoms with Gasteiger partial charge < -0.3 is 23.7 Å². The van der Waals surface area contributed by atoms with Crippen LogP contribution in [-0.2, 0) is 22.6 Å². The Morgan fingerprint density at radius 2 is 1.95 bits per heavy atom. The lowest BCUT2D eigenvalue weighted by atomic mass is 10.0. The number of imidazole rings is 1. The molecule has 0 radical (unpaired) electrons. The minimum Gasteiger partial charge on any atom is -0.473 e. The molecule has 9 nitrogen and oxygen atoms in total. The maximum Gasteiger partial charge on any atom is 0.337 e. The van der Waals surface area contributed by atoms with Crippen LogP contribution >= 0.6 is 0 Å². The Balaban J connectivity index is 1.18. The van der Waals surface area contributed by atoms with E-state index in [2.05, 4.69) is 14.9 Å². The molecule has 2 aromatic carbocycles. The lowest BCUT2D eigenvalue weighted by Crippen LogP contribution is -2.32. The first-order valence-corrected chi connectivity index (χ1v) is 14.0. The van der Waals surface area contributed by atoms with Gasteiger partial charge in [-0.2, -0.15) is 10.2 Å². The van der Waals surface area contributed by atoms with E-state index < -0.39 is 11.8 Å². The van der Waals surface area contributed by atoms with Crippen molar-refractivity contribution in [2.75, 3.05) is 31.7 Å². The van der Waals surface area contributed by atoms with Gasteiger partial charge in [0.1, 0.15) is 18.2 Å². The Morgan fingerprint density at radius 1 is 1.14 bits per heavy atom. The number of benzene rings is 2. The molecule has 4 heterocycles. The molecule has 0 N–H and O–H groups in total. The zero-order valence-corrected chi connectivity index (χ0v) is 23.6. The van der Waals surface area contributed by atoms with Crippen molar-refractivity contribution < 1.29 is 27.8 Å². The summed E-state index contributed by atoms with van der Waals surface area (Å²) >= 11 is 0. The minimum atomic E-state index is -0.509. The number of halogens is 2. The molecule has 2 fully saturated rings. The summed E-state index contributed by atoms with van der Waals surface area (Å²) in [6.07, 6.45) is 1.80. The highest BCUT2D eigenvalue weighted by atomic mass is 19.1. The number of nitriles is 1. The first kappa shape index (κ1) is 28.3. The third kappa shape index (κ3) is 5.92. The van der Waals surface area contributed by atoms with E-state index in [0.717, 1.165) is 6.42 Å². The van der Waals surface area contributed by atoms with Crippen LogP contribution in [0.4, 0.5) is 14.6 Å². The van der Waals surface area contributed by atoms with E-state index in [1.165, 1.54) is 19.2 Å². The van der Waals surface area contributed by atoms with Gasteiger partial charge in [0.05, 0.1) is 48.0 Å². The molecule has 6 rings (SSSR count). The molecule has 220 valence electrons. The number of nitrogens with zero attached hydrogens (tertiary/aromatic N) is 5. The van der Waals surface area contributed by atoms with Crippen molar-refractivity contribution in [2.24, 2.45) is 0 Å². The molecule has 1 atom stereocenters. The number of rotatable bonds is 8. The number of hydrogen-bond acceptors (Lipinski definition) is 8. The lowest BCUT2D eigenvalue weighted by molar-refractivity contribution is -0.0588. The maximum absolute atomic E-state index is 16.1. The third-order valence-corrected chi connectivity index (χ3v) is 7.81. The van der Waals surface area contributed by atoms with Crippen LogP contribution < -0.4 is 9.64 Å². The summed E-state index contributed by atoms with van der Waals surface area (Å²) in [5.41, 5.74) is 2.86. The molecule has 2 aliphatic heterocycles. The standard InChI is InChI=1S/C32H29F2N5O4/c1-41-32(40)22-7-8-26-27(16-22)39(18-24-11-14-42-24)31(36-26)30(34)21-9-12-38(13-10-21)28-3-2-4-29(37-28)43-19-23-6-5-20(17-35)15-25(23)33/h2-8,15-16,24H,9-14,18-19H2,1H3. The van der Waals surface area contributed by atoms with E-state index >= 15 is 4.39 Å². The van der Waals surface area contributed by atoms with Crippen LogP contribution in [0.5, 0.6) is 5.88 Å². The van der Waals surface area contributed by atoms with Gasteiger partial charge in [-0.25, -0.2) is 18.6 Å². The Bertz CT molecular complexity index is 1750. The van der Waals surface area contributed by atoms with E-state index in [-0.39, 0.29) is 29.9 Å². The monoisotopic (exact) mass is 585 g/mol. The van der Waals surface area contributed by atoms with Gasteiger partial charge >= 0.3 is 5.97 Å². The average molecular weight is 586 g/mol. The number of pyridine rings is 1. The number of aromatic nitrogens is 3. The van der Waals surface area contributed by atoms with Gasteiger partial charge in [0.2, 0.25) is 5.88 Å². The van der Waals surface area contributed by atoms with Crippen LogP contribution in [0.2, 0.25) is 0 Å². The summed E-state index contributed by atoms with van der Waals surface area (Å²) < 4.78 is 48.4. The van der Waals surface area contributed by atoms with Crippen LogP contribution in [0.3, 0.4) is 0 Å². The fraction of sp³-hybridized carbons (Fsp3) is 0.312. The molecule has 0 saturated carbocycles. The van der Waals surface area contributed by atoms with Gasteiger partial charge in [-0.3, -0.25) is 0 Å². The molecule has 2 aliphatic rings. The van der Waals surface area contributed by atoms with Crippen molar-refractivity contribution in [3.05, 3.63) is 88.5 Å². The zero-order valence-electron chi connectivity index (χ0n) is 23.6. The van der Waals surface area contributed by atoms with Crippen molar-refractivity contribution in [3.8, 4) is 11.9 Å². The predicted molar refractivity (Wildman–Crippen MR) is 155 cm³/mol. The van der Waals surface area contributed by atoms with Crippen LogP contribution in [0.15, 0.2) is 60.2 Å². The maximum atomic E-state index is 16.1. The number of esters is 1. The second-order valence-electron chi connectivity index (χ2n) is 10.5. The summed E-state index contributed by atoms with van der Waals surface area (Å²) in [5, 5.41) is 8.93. The molecule has 2 aromatic heterocycles. The second kappa shape index (κ2) is 12.2. The van der Waals surface area contributed by atoms with Gasteiger partial charge in [0, 0.05) is 31.3 Å². The highest BCUT2D eigenvalue weighted by Gasteiger charge is 2.27. The molecule has 4 aromatic rings. The predicted octanol–water partition coefficient (Wildman–Crippen LogP) is 5.58. The van der Waals surface area contributed by atoms with Crippen molar-refractivity contribution in [1.29, 1.82) is 5.26 Å². The molecular formula is C32H29F2N5O4.